The number of benzene rings is 1. The number of rotatable bonds is 7. The lowest BCUT2D eigenvalue weighted by Gasteiger charge is -2.06. The van der Waals surface area contributed by atoms with Crippen LogP contribution in [0.25, 0.3) is 11.0 Å². The van der Waals surface area contributed by atoms with E-state index < -0.39 is 0 Å². The van der Waals surface area contributed by atoms with Gasteiger partial charge in [0.05, 0.1) is 24.2 Å². The molecule has 0 amide bonds. The molecule has 0 aliphatic carbocycles. The van der Waals surface area contributed by atoms with E-state index in [0.717, 1.165) is 29.0 Å². The fraction of sp³-hybridized carbons (Fsp3) is 0.500. The van der Waals surface area contributed by atoms with Crippen LogP contribution < -0.4 is 5.73 Å². The van der Waals surface area contributed by atoms with Crippen molar-refractivity contribution >= 4 is 11.0 Å². The van der Waals surface area contributed by atoms with Gasteiger partial charge in [0.25, 0.3) is 0 Å². The van der Waals surface area contributed by atoms with Gasteiger partial charge in [-0.15, -0.1) is 0 Å². The first kappa shape index (κ1) is 14.0. The zero-order chi connectivity index (χ0) is 13.7. The van der Waals surface area contributed by atoms with Gasteiger partial charge in [0.2, 0.25) is 0 Å². The molecular formula is C14H21N3O2. The average molecular weight is 263 g/mol. The van der Waals surface area contributed by atoms with Crippen LogP contribution in [0.3, 0.4) is 0 Å². The van der Waals surface area contributed by atoms with Crippen molar-refractivity contribution in [3.8, 4) is 0 Å². The van der Waals surface area contributed by atoms with Crippen LogP contribution in [-0.4, -0.2) is 29.9 Å². The summed E-state index contributed by atoms with van der Waals surface area (Å²) >= 11 is 0. The smallest absolute Gasteiger partial charge is 0.135 e. The van der Waals surface area contributed by atoms with E-state index in [0.29, 0.717) is 26.4 Å². The summed E-state index contributed by atoms with van der Waals surface area (Å²) in [5.41, 5.74) is 8.87. The van der Waals surface area contributed by atoms with E-state index in [-0.39, 0.29) is 0 Å². The maximum Gasteiger partial charge on any atom is 0.135 e. The van der Waals surface area contributed by atoms with E-state index in [4.69, 9.17) is 15.2 Å². The number of fused-ring (bicyclic) bond motifs is 1. The van der Waals surface area contributed by atoms with Gasteiger partial charge in [-0.05, 0) is 24.6 Å². The minimum absolute atomic E-state index is 0.504. The van der Waals surface area contributed by atoms with E-state index in [2.05, 4.69) is 22.5 Å². The maximum absolute atomic E-state index is 5.66. The molecule has 0 aliphatic rings. The van der Waals surface area contributed by atoms with Gasteiger partial charge in [-0.2, -0.15) is 0 Å². The molecule has 0 fully saturated rings. The normalized spacial score (nSPS) is 11.3. The van der Waals surface area contributed by atoms with E-state index >= 15 is 0 Å². The molecule has 2 N–H and O–H groups in total. The molecule has 1 aromatic heterocycles. The van der Waals surface area contributed by atoms with Crippen molar-refractivity contribution in [1.82, 2.24) is 9.55 Å². The lowest BCUT2D eigenvalue weighted by molar-refractivity contribution is 0.0575. The summed E-state index contributed by atoms with van der Waals surface area (Å²) in [5.74, 6) is 0.947. The predicted octanol–water partition coefficient (Wildman–Crippen LogP) is 1.68. The standard InChI is InChI=1S/C14H21N3O2/c1-3-17-13-5-4-11(9-15)8-12(13)16-14(17)10-19-7-6-18-2/h4-5,8H,3,6-7,9-10,15H2,1-2H3. The van der Waals surface area contributed by atoms with E-state index in [1.165, 1.54) is 0 Å². The van der Waals surface area contributed by atoms with E-state index in [1.54, 1.807) is 7.11 Å². The van der Waals surface area contributed by atoms with Gasteiger partial charge in [-0.3, -0.25) is 0 Å². The molecule has 1 aromatic carbocycles. The Labute approximate surface area is 113 Å². The molecule has 2 aromatic rings. The number of ether oxygens (including phenoxy) is 2. The Kier molecular flexibility index (Phi) is 4.90. The topological polar surface area (TPSA) is 62.3 Å². The van der Waals surface area contributed by atoms with Crippen molar-refractivity contribution in [2.75, 3.05) is 20.3 Å². The summed E-state index contributed by atoms with van der Waals surface area (Å²) in [5, 5.41) is 0. The number of aryl methyl sites for hydroxylation is 1. The predicted molar refractivity (Wildman–Crippen MR) is 74.8 cm³/mol. The second kappa shape index (κ2) is 6.65. The number of hydrogen-bond donors (Lipinski definition) is 1. The number of hydrogen-bond acceptors (Lipinski definition) is 4. The SMILES string of the molecule is CCn1c(COCCOC)nc2cc(CN)ccc21. The van der Waals surface area contributed by atoms with Gasteiger partial charge in [0.1, 0.15) is 12.4 Å². The van der Waals surface area contributed by atoms with Gasteiger partial charge < -0.3 is 19.8 Å². The second-order valence-electron chi connectivity index (χ2n) is 4.34. The summed E-state index contributed by atoms with van der Waals surface area (Å²) in [4.78, 5) is 4.63. The highest BCUT2D eigenvalue weighted by atomic mass is 16.5. The first-order valence-corrected chi connectivity index (χ1v) is 6.55. The Hall–Kier alpha value is -1.43. The number of methoxy groups -OCH3 is 1. The Balaban J connectivity index is 2.22. The third-order valence-electron chi connectivity index (χ3n) is 3.11. The summed E-state index contributed by atoms with van der Waals surface area (Å²) < 4.78 is 12.7. The molecule has 5 nitrogen and oxygen atoms in total. The van der Waals surface area contributed by atoms with Crippen molar-refractivity contribution in [1.29, 1.82) is 0 Å². The first-order chi connectivity index (χ1) is 9.30. The summed E-state index contributed by atoms with van der Waals surface area (Å²) in [6.07, 6.45) is 0. The number of imidazole rings is 1. The van der Waals surface area contributed by atoms with Crippen molar-refractivity contribution in [3.05, 3.63) is 29.6 Å². The molecule has 104 valence electrons. The molecule has 0 saturated heterocycles. The highest BCUT2D eigenvalue weighted by Gasteiger charge is 2.09. The molecule has 0 saturated carbocycles. The van der Waals surface area contributed by atoms with Crippen LogP contribution in [0.15, 0.2) is 18.2 Å². The first-order valence-electron chi connectivity index (χ1n) is 6.55. The minimum Gasteiger partial charge on any atom is -0.382 e. The Morgan fingerprint density at radius 2 is 2.16 bits per heavy atom. The molecule has 19 heavy (non-hydrogen) atoms. The van der Waals surface area contributed by atoms with Crippen molar-refractivity contribution in [2.24, 2.45) is 5.73 Å². The molecule has 0 radical (unpaired) electrons. The Morgan fingerprint density at radius 1 is 1.32 bits per heavy atom. The lowest BCUT2D eigenvalue weighted by atomic mass is 10.2. The highest BCUT2D eigenvalue weighted by Crippen LogP contribution is 2.18. The number of nitrogens with zero attached hydrogens (tertiary/aromatic N) is 2. The fourth-order valence-electron chi connectivity index (χ4n) is 2.12. The summed E-state index contributed by atoms with van der Waals surface area (Å²) in [6.45, 7) is 5.21. The van der Waals surface area contributed by atoms with Crippen LogP contribution in [0.1, 0.15) is 18.3 Å². The molecule has 2 rings (SSSR count). The maximum atomic E-state index is 5.66. The Bertz CT molecular complexity index is 537. The quantitative estimate of drug-likeness (QED) is 0.772. The monoisotopic (exact) mass is 263 g/mol. The molecule has 0 atom stereocenters. The third-order valence-corrected chi connectivity index (χ3v) is 3.11. The van der Waals surface area contributed by atoms with Crippen molar-refractivity contribution in [3.63, 3.8) is 0 Å². The third kappa shape index (κ3) is 3.12. The van der Waals surface area contributed by atoms with Crippen LogP contribution in [0.5, 0.6) is 0 Å². The van der Waals surface area contributed by atoms with Crippen LogP contribution in [0.2, 0.25) is 0 Å². The highest BCUT2D eigenvalue weighted by molar-refractivity contribution is 5.76. The molecule has 0 bridgehead atoms. The van der Waals surface area contributed by atoms with Gasteiger partial charge >= 0.3 is 0 Å². The second-order valence-corrected chi connectivity index (χ2v) is 4.34. The summed E-state index contributed by atoms with van der Waals surface area (Å²) in [6, 6.07) is 6.17. The molecule has 1 heterocycles. The largest absolute Gasteiger partial charge is 0.382 e. The van der Waals surface area contributed by atoms with Gasteiger partial charge in [0.15, 0.2) is 0 Å². The van der Waals surface area contributed by atoms with Crippen molar-refractivity contribution < 1.29 is 9.47 Å². The molecule has 0 aliphatic heterocycles. The molecule has 0 unspecified atom stereocenters. The van der Waals surface area contributed by atoms with E-state index in [1.807, 2.05) is 12.1 Å². The minimum atomic E-state index is 0.504. The summed E-state index contributed by atoms with van der Waals surface area (Å²) in [7, 11) is 1.67. The van der Waals surface area contributed by atoms with Crippen LogP contribution in [0.4, 0.5) is 0 Å². The van der Waals surface area contributed by atoms with Gasteiger partial charge in [-0.25, -0.2) is 4.98 Å². The zero-order valence-electron chi connectivity index (χ0n) is 11.6. The fourth-order valence-corrected chi connectivity index (χ4v) is 2.12. The molecule has 0 spiro atoms. The number of nitrogens with two attached hydrogens (primary N) is 1. The molecule has 5 heteroatoms. The van der Waals surface area contributed by atoms with Crippen LogP contribution >= 0.6 is 0 Å². The van der Waals surface area contributed by atoms with Crippen LogP contribution in [-0.2, 0) is 29.2 Å². The van der Waals surface area contributed by atoms with Gasteiger partial charge in [-0.1, -0.05) is 6.07 Å². The average Bonchev–Trinajstić information content (AvgIpc) is 2.79. The molecular weight excluding hydrogens is 242 g/mol. The van der Waals surface area contributed by atoms with Gasteiger partial charge in [0, 0.05) is 20.2 Å². The lowest BCUT2D eigenvalue weighted by Crippen LogP contribution is -2.07. The van der Waals surface area contributed by atoms with Crippen LogP contribution in [0, 0.1) is 0 Å². The van der Waals surface area contributed by atoms with E-state index in [9.17, 15) is 0 Å². The zero-order valence-corrected chi connectivity index (χ0v) is 11.6. The number of aromatic nitrogens is 2. The van der Waals surface area contributed by atoms with Crippen molar-refractivity contribution in [2.45, 2.75) is 26.6 Å². The Morgan fingerprint density at radius 3 is 2.84 bits per heavy atom.